The molecule has 0 heterocycles. The molecule has 1 aliphatic carbocycles. The zero-order valence-electron chi connectivity index (χ0n) is 12.5. The van der Waals surface area contributed by atoms with Gasteiger partial charge in [0.1, 0.15) is 0 Å². The molecule has 3 nitrogen and oxygen atoms in total. The summed E-state index contributed by atoms with van der Waals surface area (Å²) in [6.07, 6.45) is 5.33. The highest BCUT2D eigenvalue weighted by molar-refractivity contribution is 5.83. The second-order valence-corrected chi connectivity index (χ2v) is 6.37. The van der Waals surface area contributed by atoms with E-state index in [4.69, 9.17) is 5.73 Å². The van der Waals surface area contributed by atoms with Crippen LogP contribution in [-0.4, -0.2) is 30.9 Å². The summed E-state index contributed by atoms with van der Waals surface area (Å²) in [7, 11) is 1.93. The number of carbonyl (C=O) groups excluding carboxylic acids is 1. The van der Waals surface area contributed by atoms with Gasteiger partial charge in [0.05, 0.1) is 5.41 Å². The minimum absolute atomic E-state index is 0.269. The van der Waals surface area contributed by atoms with Crippen molar-refractivity contribution in [2.24, 2.45) is 23.0 Å². The van der Waals surface area contributed by atoms with Gasteiger partial charge in [-0.1, -0.05) is 27.2 Å². The Morgan fingerprint density at radius 2 is 2.00 bits per heavy atom. The summed E-state index contributed by atoms with van der Waals surface area (Å²) in [5, 5.41) is 0. The maximum Gasteiger partial charge on any atom is 0.229 e. The van der Waals surface area contributed by atoms with E-state index in [0.717, 1.165) is 44.6 Å². The standard InChI is InChI=1S/C15H30N2O/c1-5-12(2)10-17(4)14(18)15(11-16)8-6-13(3)7-9-15/h12-13H,5-11,16H2,1-4H3. The van der Waals surface area contributed by atoms with E-state index in [-0.39, 0.29) is 11.3 Å². The first kappa shape index (κ1) is 15.5. The van der Waals surface area contributed by atoms with Crippen molar-refractivity contribution in [1.82, 2.24) is 4.90 Å². The summed E-state index contributed by atoms with van der Waals surface area (Å²) in [5.74, 6) is 1.59. The van der Waals surface area contributed by atoms with Crippen LogP contribution in [0.15, 0.2) is 0 Å². The molecule has 106 valence electrons. The number of nitrogens with zero attached hydrogens (tertiary/aromatic N) is 1. The molecule has 0 spiro atoms. The van der Waals surface area contributed by atoms with Gasteiger partial charge in [0.15, 0.2) is 0 Å². The zero-order chi connectivity index (χ0) is 13.8. The van der Waals surface area contributed by atoms with Crippen molar-refractivity contribution in [3.8, 4) is 0 Å². The molecule has 1 rings (SSSR count). The molecule has 1 unspecified atom stereocenters. The monoisotopic (exact) mass is 254 g/mol. The molecule has 0 aromatic rings. The van der Waals surface area contributed by atoms with Crippen molar-refractivity contribution in [2.75, 3.05) is 20.1 Å². The number of amides is 1. The molecular formula is C15H30N2O. The lowest BCUT2D eigenvalue weighted by Gasteiger charge is -2.40. The van der Waals surface area contributed by atoms with Gasteiger partial charge in [0.25, 0.3) is 0 Å². The zero-order valence-corrected chi connectivity index (χ0v) is 12.5. The highest BCUT2D eigenvalue weighted by atomic mass is 16.2. The van der Waals surface area contributed by atoms with E-state index in [9.17, 15) is 4.79 Å². The van der Waals surface area contributed by atoms with Gasteiger partial charge in [-0.15, -0.1) is 0 Å². The SMILES string of the molecule is CCC(C)CN(C)C(=O)C1(CN)CCC(C)CC1. The van der Waals surface area contributed by atoms with Crippen molar-refractivity contribution >= 4 is 5.91 Å². The average molecular weight is 254 g/mol. The summed E-state index contributed by atoms with van der Waals surface area (Å²) in [6, 6.07) is 0. The van der Waals surface area contributed by atoms with Crippen LogP contribution in [0.1, 0.15) is 52.9 Å². The van der Waals surface area contributed by atoms with E-state index in [2.05, 4.69) is 20.8 Å². The van der Waals surface area contributed by atoms with Gasteiger partial charge in [-0.3, -0.25) is 4.79 Å². The Labute approximate surface area is 112 Å². The predicted octanol–water partition coefficient (Wildman–Crippen LogP) is 2.65. The molecule has 3 heteroatoms. The van der Waals surface area contributed by atoms with Crippen molar-refractivity contribution < 1.29 is 4.79 Å². The minimum Gasteiger partial charge on any atom is -0.345 e. The first-order valence-electron chi connectivity index (χ1n) is 7.40. The second kappa shape index (κ2) is 6.55. The van der Waals surface area contributed by atoms with Gasteiger partial charge in [0, 0.05) is 20.1 Å². The van der Waals surface area contributed by atoms with Gasteiger partial charge in [-0.25, -0.2) is 0 Å². The van der Waals surface area contributed by atoms with Crippen LogP contribution in [0.25, 0.3) is 0 Å². The fraction of sp³-hybridized carbons (Fsp3) is 0.933. The molecule has 18 heavy (non-hydrogen) atoms. The molecule has 0 radical (unpaired) electrons. The van der Waals surface area contributed by atoms with Crippen LogP contribution in [-0.2, 0) is 4.79 Å². The molecule has 0 bridgehead atoms. The smallest absolute Gasteiger partial charge is 0.229 e. The third kappa shape index (κ3) is 3.47. The maximum atomic E-state index is 12.7. The van der Waals surface area contributed by atoms with Gasteiger partial charge in [0.2, 0.25) is 5.91 Å². The Hall–Kier alpha value is -0.570. The van der Waals surface area contributed by atoms with E-state index in [1.165, 1.54) is 0 Å². The second-order valence-electron chi connectivity index (χ2n) is 6.37. The van der Waals surface area contributed by atoms with Crippen molar-refractivity contribution in [2.45, 2.75) is 52.9 Å². The fourth-order valence-electron chi connectivity index (χ4n) is 2.90. The summed E-state index contributed by atoms with van der Waals surface area (Å²) in [4.78, 5) is 14.6. The molecular weight excluding hydrogens is 224 g/mol. The fourth-order valence-corrected chi connectivity index (χ4v) is 2.90. The lowest BCUT2D eigenvalue weighted by atomic mass is 9.70. The Balaban J connectivity index is 2.67. The van der Waals surface area contributed by atoms with Gasteiger partial charge in [-0.2, -0.15) is 0 Å². The van der Waals surface area contributed by atoms with E-state index in [0.29, 0.717) is 12.5 Å². The van der Waals surface area contributed by atoms with E-state index < -0.39 is 0 Å². The third-order valence-electron chi connectivity index (χ3n) is 4.70. The molecule has 1 saturated carbocycles. The van der Waals surface area contributed by atoms with Gasteiger partial charge >= 0.3 is 0 Å². The molecule has 0 saturated heterocycles. The Morgan fingerprint density at radius 1 is 1.44 bits per heavy atom. The molecule has 1 aliphatic rings. The molecule has 2 N–H and O–H groups in total. The van der Waals surface area contributed by atoms with Crippen LogP contribution >= 0.6 is 0 Å². The normalized spacial score (nSPS) is 29.9. The first-order chi connectivity index (χ1) is 8.45. The molecule has 1 atom stereocenters. The van der Waals surface area contributed by atoms with Crippen molar-refractivity contribution in [1.29, 1.82) is 0 Å². The summed E-state index contributed by atoms with van der Waals surface area (Å²) in [5.41, 5.74) is 5.67. The summed E-state index contributed by atoms with van der Waals surface area (Å²) < 4.78 is 0. The number of hydrogen-bond donors (Lipinski definition) is 1. The number of nitrogens with two attached hydrogens (primary N) is 1. The highest BCUT2D eigenvalue weighted by Gasteiger charge is 2.41. The molecule has 1 fully saturated rings. The van der Waals surface area contributed by atoms with Crippen LogP contribution in [0.2, 0.25) is 0 Å². The summed E-state index contributed by atoms with van der Waals surface area (Å²) >= 11 is 0. The Bertz CT molecular complexity index is 270. The average Bonchev–Trinajstić information content (AvgIpc) is 2.39. The number of carbonyl (C=O) groups is 1. The Morgan fingerprint density at radius 3 is 2.44 bits per heavy atom. The topological polar surface area (TPSA) is 46.3 Å². The third-order valence-corrected chi connectivity index (χ3v) is 4.70. The maximum absolute atomic E-state index is 12.7. The molecule has 0 aromatic carbocycles. The molecule has 0 aliphatic heterocycles. The summed E-state index contributed by atoms with van der Waals surface area (Å²) in [6.45, 7) is 8.00. The lowest BCUT2D eigenvalue weighted by Crippen LogP contribution is -2.49. The lowest BCUT2D eigenvalue weighted by molar-refractivity contribution is -0.143. The first-order valence-corrected chi connectivity index (χ1v) is 7.40. The molecule has 0 aromatic heterocycles. The van der Waals surface area contributed by atoms with E-state index >= 15 is 0 Å². The van der Waals surface area contributed by atoms with Gasteiger partial charge in [-0.05, 0) is 37.5 Å². The van der Waals surface area contributed by atoms with Crippen molar-refractivity contribution in [3.05, 3.63) is 0 Å². The van der Waals surface area contributed by atoms with Crippen LogP contribution in [0.4, 0.5) is 0 Å². The number of rotatable bonds is 5. The van der Waals surface area contributed by atoms with Gasteiger partial charge < -0.3 is 10.6 Å². The minimum atomic E-state index is -0.269. The number of hydrogen-bond acceptors (Lipinski definition) is 2. The van der Waals surface area contributed by atoms with E-state index in [1.54, 1.807) is 0 Å². The Kier molecular flexibility index (Phi) is 5.64. The van der Waals surface area contributed by atoms with Crippen LogP contribution in [0.3, 0.4) is 0 Å². The van der Waals surface area contributed by atoms with Crippen LogP contribution in [0, 0.1) is 17.3 Å². The van der Waals surface area contributed by atoms with E-state index in [1.807, 2.05) is 11.9 Å². The van der Waals surface area contributed by atoms with Crippen molar-refractivity contribution in [3.63, 3.8) is 0 Å². The highest BCUT2D eigenvalue weighted by Crippen LogP contribution is 2.39. The quantitative estimate of drug-likeness (QED) is 0.820. The predicted molar refractivity (Wildman–Crippen MR) is 76.2 cm³/mol. The largest absolute Gasteiger partial charge is 0.345 e. The molecule has 1 amide bonds. The van der Waals surface area contributed by atoms with Crippen LogP contribution in [0.5, 0.6) is 0 Å². The van der Waals surface area contributed by atoms with Crippen LogP contribution < -0.4 is 5.73 Å².